The maximum absolute atomic E-state index is 12.7. The lowest BCUT2D eigenvalue weighted by Gasteiger charge is -2.04. The lowest BCUT2D eigenvalue weighted by atomic mass is 10.2. The Labute approximate surface area is 113 Å². The molecule has 2 aromatic rings. The van der Waals surface area contributed by atoms with Gasteiger partial charge in [0.2, 0.25) is 17.0 Å². The summed E-state index contributed by atoms with van der Waals surface area (Å²) in [6.07, 6.45) is 0. The fourth-order valence-corrected chi connectivity index (χ4v) is 1.94. The van der Waals surface area contributed by atoms with Gasteiger partial charge in [0.25, 0.3) is 0 Å². The minimum Gasteiger partial charge on any atom is -0.368 e. The molecule has 0 aliphatic heterocycles. The first-order chi connectivity index (χ1) is 9.13. The predicted octanol–water partition coefficient (Wildman–Crippen LogP) is 0.934. The number of hydrogen-bond donors (Lipinski definition) is 3. The molecule has 0 bridgehead atoms. The number of carbonyl (C=O) groups is 1. The van der Waals surface area contributed by atoms with Crippen LogP contribution in [-0.2, 0) is 11.3 Å². The van der Waals surface area contributed by atoms with E-state index in [1.54, 1.807) is 12.1 Å². The summed E-state index contributed by atoms with van der Waals surface area (Å²) in [4.78, 5) is 15.4. The van der Waals surface area contributed by atoms with Gasteiger partial charge in [0.05, 0.1) is 5.75 Å². The van der Waals surface area contributed by atoms with Crippen LogP contribution in [0.1, 0.15) is 5.56 Å². The van der Waals surface area contributed by atoms with Crippen molar-refractivity contribution in [3.8, 4) is 0 Å². The number of nitrogens with one attached hydrogen (secondary N) is 2. The third-order valence-electron chi connectivity index (χ3n) is 2.22. The fourth-order valence-electron chi connectivity index (χ4n) is 1.31. The highest BCUT2D eigenvalue weighted by Crippen LogP contribution is 2.12. The minimum absolute atomic E-state index is 0.155. The Balaban J connectivity index is 1.74. The molecule has 4 N–H and O–H groups in total. The quantitative estimate of drug-likeness (QED) is 0.709. The summed E-state index contributed by atoms with van der Waals surface area (Å²) < 4.78 is 12.7. The van der Waals surface area contributed by atoms with Crippen LogP contribution < -0.4 is 11.1 Å². The number of H-pyrrole nitrogens is 1. The van der Waals surface area contributed by atoms with Crippen molar-refractivity contribution < 1.29 is 9.18 Å². The summed E-state index contributed by atoms with van der Waals surface area (Å²) in [6, 6.07) is 5.96. The smallest absolute Gasteiger partial charge is 0.230 e. The number of rotatable bonds is 5. The first kappa shape index (κ1) is 13.3. The highest BCUT2D eigenvalue weighted by molar-refractivity contribution is 7.99. The fraction of sp³-hybridized carbons (Fsp3) is 0.182. The average molecular weight is 281 g/mol. The molecule has 0 aliphatic rings. The number of nitrogens with zero attached hydrogens (tertiary/aromatic N) is 2. The van der Waals surface area contributed by atoms with Gasteiger partial charge in [-0.05, 0) is 17.7 Å². The number of aromatic nitrogens is 3. The highest BCUT2D eigenvalue weighted by atomic mass is 32.2. The second-order valence-corrected chi connectivity index (χ2v) is 4.64. The van der Waals surface area contributed by atoms with Crippen LogP contribution in [0.5, 0.6) is 0 Å². The van der Waals surface area contributed by atoms with Gasteiger partial charge in [-0.25, -0.2) is 9.49 Å². The van der Waals surface area contributed by atoms with E-state index in [9.17, 15) is 9.18 Å². The molecular formula is C11H12FN5OS. The van der Waals surface area contributed by atoms with Crippen LogP contribution in [-0.4, -0.2) is 26.8 Å². The van der Waals surface area contributed by atoms with Gasteiger partial charge >= 0.3 is 0 Å². The van der Waals surface area contributed by atoms with Crippen molar-refractivity contribution in [1.82, 2.24) is 20.5 Å². The standard InChI is InChI=1S/C11H12FN5OS/c12-8-3-1-7(2-4-8)5-14-9(18)6-19-11-15-10(13)16-17-11/h1-4H,5-6H2,(H,14,18)(H3,13,15,16,17). The minimum atomic E-state index is -0.298. The van der Waals surface area contributed by atoms with E-state index in [4.69, 9.17) is 5.73 Å². The van der Waals surface area contributed by atoms with Crippen LogP contribution in [0.15, 0.2) is 29.4 Å². The molecule has 0 unspecified atom stereocenters. The van der Waals surface area contributed by atoms with Gasteiger partial charge in [-0.15, -0.1) is 5.10 Å². The SMILES string of the molecule is Nc1nc(SCC(=O)NCc2ccc(F)cc2)n[nH]1. The Kier molecular flexibility index (Phi) is 4.35. The van der Waals surface area contributed by atoms with E-state index >= 15 is 0 Å². The molecular weight excluding hydrogens is 269 g/mol. The summed E-state index contributed by atoms with van der Waals surface area (Å²) in [5.41, 5.74) is 6.19. The van der Waals surface area contributed by atoms with Crippen molar-refractivity contribution in [2.24, 2.45) is 0 Å². The van der Waals surface area contributed by atoms with Crippen molar-refractivity contribution >= 4 is 23.6 Å². The Bertz CT molecular complexity index is 556. The van der Waals surface area contributed by atoms with E-state index in [0.29, 0.717) is 11.7 Å². The van der Waals surface area contributed by atoms with Gasteiger partial charge < -0.3 is 11.1 Å². The van der Waals surface area contributed by atoms with Crippen LogP contribution in [0.25, 0.3) is 0 Å². The summed E-state index contributed by atoms with van der Waals surface area (Å²) in [6.45, 7) is 0.357. The number of hydrogen-bond acceptors (Lipinski definition) is 5. The maximum atomic E-state index is 12.7. The molecule has 1 aromatic carbocycles. The average Bonchev–Trinajstić information content (AvgIpc) is 2.81. The largest absolute Gasteiger partial charge is 0.368 e. The number of anilines is 1. The highest BCUT2D eigenvalue weighted by Gasteiger charge is 2.06. The second-order valence-electron chi connectivity index (χ2n) is 3.70. The van der Waals surface area contributed by atoms with Crippen molar-refractivity contribution in [3.63, 3.8) is 0 Å². The van der Waals surface area contributed by atoms with Gasteiger partial charge in [0.15, 0.2) is 0 Å². The molecule has 0 saturated heterocycles. The molecule has 0 atom stereocenters. The zero-order chi connectivity index (χ0) is 13.7. The summed E-state index contributed by atoms with van der Waals surface area (Å²) >= 11 is 1.18. The first-order valence-electron chi connectivity index (χ1n) is 5.45. The molecule has 2 rings (SSSR count). The van der Waals surface area contributed by atoms with Crippen molar-refractivity contribution in [2.45, 2.75) is 11.7 Å². The third kappa shape index (κ3) is 4.25. The Morgan fingerprint density at radius 2 is 2.16 bits per heavy atom. The molecule has 0 spiro atoms. The molecule has 1 amide bonds. The van der Waals surface area contributed by atoms with E-state index in [1.165, 1.54) is 23.9 Å². The second kappa shape index (κ2) is 6.19. The number of nitrogen functional groups attached to an aromatic ring is 1. The normalized spacial score (nSPS) is 10.4. The first-order valence-corrected chi connectivity index (χ1v) is 6.44. The monoisotopic (exact) mass is 281 g/mol. The van der Waals surface area contributed by atoms with Crippen LogP contribution >= 0.6 is 11.8 Å². The van der Waals surface area contributed by atoms with E-state index < -0.39 is 0 Å². The number of amides is 1. The van der Waals surface area contributed by atoms with Crippen LogP contribution in [0.2, 0.25) is 0 Å². The molecule has 0 saturated carbocycles. The number of thioether (sulfide) groups is 1. The number of benzene rings is 1. The topological polar surface area (TPSA) is 96.7 Å². The summed E-state index contributed by atoms with van der Waals surface area (Å²) in [7, 11) is 0. The molecule has 6 nitrogen and oxygen atoms in total. The lowest BCUT2D eigenvalue weighted by Crippen LogP contribution is -2.24. The maximum Gasteiger partial charge on any atom is 0.230 e. The molecule has 0 aliphatic carbocycles. The zero-order valence-electron chi connectivity index (χ0n) is 9.89. The number of nitrogens with two attached hydrogens (primary N) is 1. The van der Waals surface area contributed by atoms with Crippen molar-refractivity contribution in [1.29, 1.82) is 0 Å². The van der Waals surface area contributed by atoms with Gasteiger partial charge in [0.1, 0.15) is 5.82 Å². The number of carbonyl (C=O) groups excluding carboxylic acids is 1. The zero-order valence-corrected chi connectivity index (χ0v) is 10.7. The molecule has 8 heteroatoms. The van der Waals surface area contributed by atoms with Gasteiger partial charge in [0, 0.05) is 6.54 Å². The van der Waals surface area contributed by atoms with Crippen molar-refractivity contribution in [3.05, 3.63) is 35.6 Å². The molecule has 19 heavy (non-hydrogen) atoms. The Hall–Kier alpha value is -2.09. The molecule has 1 heterocycles. The molecule has 1 aromatic heterocycles. The third-order valence-corrected chi connectivity index (χ3v) is 3.06. The van der Waals surface area contributed by atoms with Crippen LogP contribution in [0.4, 0.5) is 10.3 Å². The van der Waals surface area contributed by atoms with E-state index in [-0.39, 0.29) is 23.4 Å². The van der Waals surface area contributed by atoms with Gasteiger partial charge in [-0.3, -0.25) is 4.79 Å². The van der Waals surface area contributed by atoms with E-state index in [0.717, 1.165) is 5.56 Å². The number of halogens is 1. The molecule has 0 radical (unpaired) electrons. The Morgan fingerprint density at radius 1 is 1.42 bits per heavy atom. The van der Waals surface area contributed by atoms with Gasteiger partial charge in [-0.1, -0.05) is 23.9 Å². The summed E-state index contributed by atoms with van der Waals surface area (Å²) in [5.74, 6) is -0.0434. The summed E-state index contributed by atoms with van der Waals surface area (Å²) in [5, 5.41) is 9.42. The number of aromatic amines is 1. The Morgan fingerprint density at radius 3 is 2.79 bits per heavy atom. The van der Waals surface area contributed by atoms with Crippen LogP contribution in [0.3, 0.4) is 0 Å². The predicted molar refractivity (Wildman–Crippen MR) is 69.8 cm³/mol. The van der Waals surface area contributed by atoms with E-state index in [1.807, 2.05) is 0 Å². The van der Waals surface area contributed by atoms with Crippen molar-refractivity contribution in [2.75, 3.05) is 11.5 Å². The lowest BCUT2D eigenvalue weighted by molar-refractivity contribution is -0.118. The van der Waals surface area contributed by atoms with Gasteiger partial charge in [-0.2, -0.15) is 4.98 Å². The molecule has 0 fully saturated rings. The molecule has 100 valence electrons. The van der Waals surface area contributed by atoms with E-state index in [2.05, 4.69) is 20.5 Å². The van der Waals surface area contributed by atoms with Crippen LogP contribution in [0, 0.1) is 5.82 Å².